The summed E-state index contributed by atoms with van der Waals surface area (Å²) in [6, 6.07) is 11.8. The number of hydrogen-bond donors (Lipinski definition) is 1. The summed E-state index contributed by atoms with van der Waals surface area (Å²) in [6.45, 7) is 1.28. The summed E-state index contributed by atoms with van der Waals surface area (Å²) in [4.78, 5) is 26.6. The van der Waals surface area contributed by atoms with Crippen molar-refractivity contribution < 1.29 is 27.5 Å². The number of sulfonamides is 1. The first-order chi connectivity index (χ1) is 15.4. The molecule has 0 atom stereocenters. The molecule has 4 rings (SSSR count). The van der Waals surface area contributed by atoms with Gasteiger partial charge < -0.3 is 19.7 Å². The highest BCUT2D eigenvalue weighted by Gasteiger charge is 2.28. The molecule has 2 aliphatic rings. The number of carbonyl (C=O) groups is 2. The van der Waals surface area contributed by atoms with Gasteiger partial charge in [0.1, 0.15) is 12.3 Å². The minimum absolute atomic E-state index is 0.0571. The third kappa shape index (κ3) is 4.47. The average molecular weight is 460 g/mol. The van der Waals surface area contributed by atoms with Crippen molar-refractivity contribution in [3.63, 3.8) is 0 Å². The van der Waals surface area contributed by atoms with E-state index < -0.39 is 10.0 Å². The number of nitrogens with one attached hydrogen (secondary N) is 1. The number of nitrogens with zero attached hydrogens (tertiary/aromatic N) is 2. The third-order valence-electron chi connectivity index (χ3n) is 5.54. The van der Waals surface area contributed by atoms with Gasteiger partial charge in [0.2, 0.25) is 21.8 Å². The van der Waals surface area contributed by atoms with Crippen LogP contribution in [-0.2, 0) is 30.8 Å². The molecule has 2 aliphatic heterocycles. The monoisotopic (exact) mass is 459 g/mol. The van der Waals surface area contributed by atoms with E-state index in [-0.39, 0.29) is 36.1 Å². The number of para-hydroxylation sites is 2. The second kappa shape index (κ2) is 9.27. The molecule has 0 saturated carbocycles. The highest BCUT2D eigenvalue weighted by atomic mass is 32.2. The predicted molar refractivity (Wildman–Crippen MR) is 118 cm³/mol. The van der Waals surface area contributed by atoms with E-state index >= 15 is 0 Å². The first-order valence-corrected chi connectivity index (χ1v) is 11.8. The number of benzene rings is 2. The number of ether oxygens (including phenoxy) is 2. The number of aryl methyl sites for hydroxylation is 1. The van der Waals surface area contributed by atoms with Crippen molar-refractivity contribution in [3.8, 4) is 5.75 Å². The van der Waals surface area contributed by atoms with E-state index in [0.29, 0.717) is 49.0 Å². The van der Waals surface area contributed by atoms with Crippen LogP contribution in [0.3, 0.4) is 0 Å². The van der Waals surface area contributed by atoms with E-state index in [0.717, 1.165) is 0 Å². The van der Waals surface area contributed by atoms with Gasteiger partial charge in [-0.3, -0.25) is 9.59 Å². The van der Waals surface area contributed by atoms with Crippen LogP contribution in [0.4, 0.5) is 11.4 Å². The predicted octanol–water partition coefficient (Wildman–Crippen LogP) is 1.63. The maximum Gasteiger partial charge on any atom is 0.244 e. The Morgan fingerprint density at radius 1 is 1.16 bits per heavy atom. The van der Waals surface area contributed by atoms with Crippen LogP contribution in [0, 0.1) is 0 Å². The molecule has 2 amide bonds. The van der Waals surface area contributed by atoms with Crippen LogP contribution in [-0.4, -0.2) is 64.5 Å². The molecule has 0 radical (unpaired) electrons. The van der Waals surface area contributed by atoms with Crippen molar-refractivity contribution in [2.24, 2.45) is 0 Å². The highest BCUT2D eigenvalue weighted by Crippen LogP contribution is 2.30. The van der Waals surface area contributed by atoms with E-state index in [1.807, 2.05) is 0 Å². The molecule has 2 aromatic rings. The number of hydrogen-bond acceptors (Lipinski definition) is 6. The van der Waals surface area contributed by atoms with E-state index in [4.69, 9.17) is 9.47 Å². The molecular weight excluding hydrogens is 434 g/mol. The summed E-state index contributed by atoms with van der Waals surface area (Å²) in [6.07, 6.45) is 0.369. The molecule has 0 spiro atoms. The van der Waals surface area contributed by atoms with Gasteiger partial charge in [0.25, 0.3) is 0 Å². The van der Waals surface area contributed by atoms with Crippen molar-refractivity contribution in [2.45, 2.75) is 17.7 Å². The van der Waals surface area contributed by atoms with Gasteiger partial charge in [-0.15, -0.1) is 0 Å². The molecule has 170 valence electrons. The Morgan fingerprint density at radius 3 is 2.66 bits per heavy atom. The maximum atomic E-state index is 13.0. The molecule has 1 saturated heterocycles. The van der Waals surface area contributed by atoms with Crippen molar-refractivity contribution in [1.82, 2.24) is 4.31 Å². The summed E-state index contributed by atoms with van der Waals surface area (Å²) in [5, 5.41) is 2.76. The Hall–Kier alpha value is -2.95. The SMILES string of the molecule is COc1ccc(S(=O)(=O)N2CCOCC2)cc1CCC(=O)N1CC(=O)Nc2ccccc21. The second-order valence-electron chi connectivity index (χ2n) is 7.54. The van der Waals surface area contributed by atoms with Crippen LogP contribution >= 0.6 is 0 Å². The van der Waals surface area contributed by atoms with Crippen LogP contribution in [0.1, 0.15) is 12.0 Å². The molecule has 2 heterocycles. The van der Waals surface area contributed by atoms with Gasteiger partial charge in [0.15, 0.2) is 0 Å². The minimum atomic E-state index is -3.67. The Balaban J connectivity index is 1.53. The zero-order valence-electron chi connectivity index (χ0n) is 17.7. The van der Waals surface area contributed by atoms with E-state index in [1.165, 1.54) is 22.4 Å². The zero-order chi connectivity index (χ0) is 22.7. The normalized spacial score (nSPS) is 16.9. The van der Waals surface area contributed by atoms with Crippen LogP contribution in [0.15, 0.2) is 47.4 Å². The van der Waals surface area contributed by atoms with Gasteiger partial charge in [0, 0.05) is 19.5 Å². The Bertz CT molecular complexity index is 1130. The first-order valence-electron chi connectivity index (χ1n) is 10.3. The fourth-order valence-corrected chi connectivity index (χ4v) is 5.34. The molecule has 10 heteroatoms. The highest BCUT2D eigenvalue weighted by molar-refractivity contribution is 7.89. The first kappa shape index (κ1) is 22.3. The van der Waals surface area contributed by atoms with Crippen LogP contribution in [0.25, 0.3) is 0 Å². The summed E-state index contributed by atoms with van der Waals surface area (Å²) in [5.41, 5.74) is 1.85. The van der Waals surface area contributed by atoms with Gasteiger partial charge in [-0.1, -0.05) is 12.1 Å². The van der Waals surface area contributed by atoms with Crippen molar-refractivity contribution in [2.75, 3.05) is 50.2 Å². The van der Waals surface area contributed by atoms with Crippen molar-refractivity contribution >= 4 is 33.2 Å². The zero-order valence-corrected chi connectivity index (χ0v) is 18.6. The van der Waals surface area contributed by atoms with E-state index in [2.05, 4.69) is 5.32 Å². The van der Waals surface area contributed by atoms with Gasteiger partial charge in [-0.05, 0) is 42.3 Å². The molecule has 1 N–H and O–H groups in total. The minimum Gasteiger partial charge on any atom is -0.496 e. The Morgan fingerprint density at radius 2 is 1.91 bits per heavy atom. The molecule has 0 unspecified atom stereocenters. The molecule has 9 nitrogen and oxygen atoms in total. The number of methoxy groups -OCH3 is 1. The smallest absolute Gasteiger partial charge is 0.244 e. The standard InChI is InChI=1S/C22H25N3O6S/c1-30-20-8-7-17(32(28,29)24-10-12-31-13-11-24)14-16(20)6-9-22(27)25-15-21(26)23-18-4-2-3-5-19(18)25/h2-5,7-8,14H,6,9-13,15H2,1H3,(H,23,26). The van der Waals surface area contributed by atoms with Crippen LogP contribution in [0.2, 0.25) is 0 Å². The number of morpholine rings is 1. The lowest BCUT2D eigenvalue weighted by molar-refractivity contribution is -0.121. The van der Waals surface area contributed by atoms with Gasteiger partial charge in [0.05, 0.1) is 36.6 Å². The van der Waals surface area contributed by atoms with Crippen molar-refractivity contribution in [1.29, 1.82) is 0 Å². The molecule has 0 bridgehead atoms. The Labute approximate surface area is 187 Å². The quantitative estimate of drug-likeness (QED) is 0.704. The van der Waals surface area contributed by atoms with Crippen molar-refractivity contribution in [3.05, 3.63) is 48.0 Å². The van der Waals surface area contributed by atoms with Gasteiger partial charge >= 0.3 is 0 Å². The number of anilines is 2. The van der Waals surface area contributed by atoms with Crippen LogP contribution in [0.5, 0.6) is 5.75 Å². The molecule has 32 heavy (non-hydrogen) atoms. The lowest BCUT2D eigenvalue weighted by Crippen LogP contribution is -2.42. The maximum absolute atomic E-state index is 13.0. The second-order valence-corrected chi connectivity index (χ2v) is 9.47. The van der Waals surface area contributed by atoms with E-state index in [9.17, 15) is 18.0 Å². The summed E-state index contributed by atoms with van der Waals surface area (Å²) in [5.74, 6) is 0.0274. The lowest BCUT2D eigenvalue weighted by atomic mass is 10.1. The van der Waals surface area contributed by atoms with E-state index in [1.54, 1.807) is 36.4 Å². The lowest BCUT2D eigenvalue weighted by Gasteiger charge is -2.29. The van der Waals surface area contributed by atoms with Gasteiger partial charge in [-0.25, -0.2) is 8.42 Å². The summed E-state index contributed by atoms with van der Waals surface area (Å²) < 4.78 is 38.1. The summed E-state index contributed by atoms with van der Waals surface area (Å²) in [7, 11) is -2.16. The number of amides is 2. The topological polar surface area (TPSA) is 105 Å². The molecule has 0 aliphatic carbocycles. The Kier molecular flexibility index (Phi) is 6.45. The third-order valence-corrected chi connectivity index (χ3v) is 7.43. The fraction of sp³-hybridized carbons (Fsp3) is 0.364. The number of rotatable bonds is 6. The van der Waals surface area contributed by atoms with Crippen LogP contribution < -0.4 is 15.0 Å². The molecular formula is C22H25N3O6S. The fourth-order valence-electron chi connectivity index (χ4n) is 3.88. The number of carbonyl (C=O) groups excluding carboxylic acids is 2. The molecule has 1 fully saturated rings. The van der Waals surface area contributed by atoms with Gasteiger partial charge in [-0.2, -0.15) is 4.31 Å². The number of fused-ring (bicyclic) bond motifs is 1. The average Bonchev–Trinajstić information content (AvgIpc) is 2.82. The summed E-state index contributed by atoms with van der Waals surface area (Å²) >= 11 is 0. The molecule has 0 aromatic heterocycles. The molecule has 2 aromatic carbocycles. The largest absolute Gasteiger partial charge is 0.496 e.